The molecule has 1 atom stereocenters. The predicted octanol–water partition coefficient (Wildman–Crippen LogP) is 0.767. The van der Waals surface area contributed by atoms with Crippen LogP contribution in [-0.2, 0) is 11.3 Å². The van der Waals surface area contributed by atoms with Crippen LogP contribution in [0.2, 0.25) is 0 Å². The van der Waals surface area contributed by atoms with Gasteiger partial charge in [-0.15, -0.1) is 0 Å². The van der Waals surface area contributed by atoms with Crippen LogP contribution < -0.4 is 11.5 Å². The fourth-order valence-electron chi connectivity index (χ4n) is 2.28. The SMILES string of the molecule is NC(=O)C1CCN(Cc2ccc(C(N)=S)cc2F)C1. The summed E-state index contributed by atoms with van der Waals surface area (Å²) in [7, 11) is 0. The average molecular weight is 281 g/mol. The number of nitrogens with two attached hydrogens (primary N) is 2. The summed E-state index contributed by atoms with van der Waals surface area (Å²) < 4.78 is 13.9. The minimum absolute atomic E-state index is 0.126. The van der Waals surface area contributed by atoms with Gasteiger partial charge in [0.15, 0.2) is 0 Å². The van der Waals surface area contributed by atoms with Gasteiger partial charge in [0, 0.05) is 24.2 Å². The van der Waals surface area contributed by atoms with Crippen LogP contribution in [0.15, 0.2) is 18.2 Å². The molecule has 4 N–H and O–H groups in total. The largest absolute Gasteiger partial charge is 0.389 e. The first kappa shape index (κ1) is 13.9. The van der Waals surface area contributed by atoms with E-state index in [0.29, 0.717) is 24.2 Å². The quantitative estimate of drug-likeness (QED) is 0.800. The zero-order chi connectivity index (χ0) is 14.0. The molecular formula is C13H16FN3OS. The molecular weight excluding hydrogens is 265 g/mol. The van der Waals surface area contributed by atoms with Crippen molar-refractivity contribution in [2.24, 2.45) is 17.4 Å². The molecule has 4 nitrogen and oxygen atoms in total. The first-order chi connectivity index (χ1) is 8.97. The third kappa shape index (κ3) is 3.27. The standard InChI is InChI=1S/C13H16FN3OS/c14-11-5-8(13(16)19)1-2-9(11)6-17-4-3-10(7-17)12(15)18/h1-2,5,10H,3-4,6-7H2,(H2,15,18)(H2,16,19). The molecule has 2 rings (SSSR count). The van der Waals surface area contributed by atoms with Gasteiger partial charge in [0.2, 0.25) is 5.91 Å². The van der Waals surface area contributed by atoms with Gasteiger partial charge in [-0.3, -0.25) is 9.69 Å². The molecule has 1 unspecified atom stereocenters. The average Bonchev–Trinajstić information content (AvgIpc) is 2.80. The molecule has 6 heteroatoms. The summed E-state index contributed by atoms with van der Waals surface area (Å²) >= 11 is 4.80. The highest BCUT2D eigenvalue weighted by molar-refractivity contribution is 7.80. The number of carbonyl (C=O) groups excluding carboxylic acids is 1. The fraction of sp³-hybridized carbons (Fsp3) is 0.385. The van der Waals surface area contributed by atoms with Crippen molar-refractivity contribution < 1.29 is 9.18 Å². The van der Waals surface area contributed by atoms with E-state index in [0.717, 1.165) is 13.0 Å². The summed E-state index contributed by atoms with van der Waals surface area (Å²) in [6, 6.07) is 4.74. The fourth-order valence-corrected chi connectivity index (χ4v) is 2.41. The molecule has 102 valence electrons. The van der Waals surface area contributed by atoms with Crippen LogP contribution in [0.1, 0.15) is 17.5 Å². The molecule has 0 bridgehead atoms. The van der Waals surface area contributed by atoms with Gasteiger partial charge in [0.1, 0.15) is 10.8 Å². The third-order valence-electron chi connectivity index (χ3n) is 3.41. The topological polar surface area (TPSA) is 72.4 Å². The van der Waals surface area contributed by atoms with Crippen LogP contribution in [0.4, 0.5) is 4.39 Å². The number of nitrogens with zero attached hydrogens (tertiary/aromatic N) is 1. The van der Waals surface area contributed by atoms with Crippen LogP contribution >= 0.6 is 12.2 Å². The molecule has 0 aromatic heterocycles. The Labute approximate surface area is 116 Å². The van der Waals surface area contributed by atoms with E-state index in [1.165, 1.54) is 6.07 Å². The maximum Gasteiger partial charge on any atom is 0.221 e. The van der Waals surface area contributed by atoms with Gasteiger partial charge in [0.25, 0.3) is 0 Å². The molecule has 1 aromatic rings. The van der Waals surface area contributed by atoms with Crippen LogP contribution in [0.3, 0.4) is 0 Å². The summed E-state index contributed by atoms with van der Waals surface area (Å²) in [6.07, 6.45) is 0.738. The third-order valence-corrected chi connectivity index (χ3v) is 3.64. The summed E-state index contributed by atoms with van der Waals surface area (Å²) in [6.45, 7) is 1.81. The van der Waals surface area contributed by atoms with Gasteiger partial charge < -0.3 is 11.5 Å². The number of benzene rings is 1. The molecule has 0 aliphatic carbocycles. The summed E-state index contributed by atoms with van der Waals surface area (Å²) in [4.78, 5) is 13.3. The Kier molecular flexibility index (Phi) is 4.11. The van der Waals surface area contributed by atoms with Gasteiger partial charge in [-0.25, -0.2) is 4.39 Å². The Morgan fingerprint density at radius 2 is 2.21 bits per heavy atom. The molecule has 1 aromatic carbocycles. The number of hydrogen-bond donors (Lipinski definition) is 2. The van der Waals surface area contributed by atoms with Crippen molar-refractivity contribution >= 4 is 23.1 Å². The minimum atomic E-state index is -0.326. The lowest BCUT2D eigenvalue weighted by Crippen LogP contribution is -2.27. The second-order valence-corrected chi connectivity index (χ2v) is 5.23. The van der Waals surface area contributed by atoms with Crippen molar-refractivity contribution in [1.82, 2.24) is 4.90 Å². The lowest BCUT2D eigenvalue weighted by Gasteiger charge is -2.16. The molecule has 0 spiro atoms. The number of primary amides is 1. The van der Waals surface area contributed by atoms with Crippen LogP contribution in [0, 0.1) is 11.7 Å². The van der Waals surface area contributed by atoms with Crippen LogP contribution in [0.5, 0.6) is 0 Å². The Bertz CT molecular complexity index is 521. The zero-order valence-electron chi connectivity index (χ0n) is 10.4. The number of halogens is 1. The van der Waals surface area contributed by atoms with Gasteiger partial charge in [-0.05, 0) is 19.0 Å². The number of amides is 1. The van der Waals surface area contributed by atoms with E-state index in [4.69, 9.17) is 23.7 Å². The van der Waals surface area contributed by atoms with Crippen molar-refractivity contribution in [3.05, 3.63) is 35.1 Å². The Morgan fingerprint density at radius 1 is 1.47 bits per heavy atom. The normalized spacial score (nSPS) is 19.5. The van der Waals surface area contributed by atoms with E-state index < -0.39 is 0 Å². The smallest absolute Gasteiger partial charge is 0.221 e. The Hall–Kier alpha value is -1.53. The molecule has 0 saturated carbocycles. The highest BCUT2D eigenvalue weighted by atomic mass is 32.1. The van der Waals surface area contributed by atoms with Crippen molar-refractivity contribution in [3.63, 3.8) is 0 Å². The minimum Gasteiger partial charge on any atom is -0.389 e. The highest BCUT2D eigenvalue weighted by Gasteiger charge is 2.26. The zero-order valence-corrected chi connectivity index (χ0v) is 11.3. The molecule has 1 fully saturated rings. The predicted molar refractivity (Wildman–Crippen MR) is 74.9 cm³/mol. The number of thiocarbonyl (C=S) groups is 1. The second kappa shape index (κ2) is 5.63. The number of rotatable bonds is 4. The van der Waals surface area contributed by atoms with Crippen LogP contribution in [0.25, 0.3) is 0 Å². The monoisotopic (exact) mass is 281 g/mol. The molecule has 1 saturated heterocycles. The number of carbonyl (C=O) groups is 1. The Morgan fingerprint density at radius 3 is 2.74 bits per heavy atom. The molecule has 1 aliphatic rings. The molecule has 0 radical (unpaired) electrons. The molecule has 1 heterocycles. The number of likely N-dealkylation sites (tertiary alicyclic amines) is 1. The molecule has 1 aliphatic heterocycles. The molecule has 1 amide bonds. The summed E-state index contributed by atoms with van der Waals surface area (Å²) in [5.41, 5.74) is 11.8. The van der Waals surface area contributed by atoms with Crippen molar-refractivity contribution in [2.45, 2.75) is 13.0 Å². The highest BCUT2D eigenvalue weighted by Crippen LogP contribution is 2.20. The summed E-state index contributed by atoms with van der Waals surface area (Å²) in [5.74, 6) is -0.737. The summed E-state index contributed by atoms with van der Waals surface area (Å²) in [5, 5.41) is 0. The first-order valence-electron chi connectivity index (χ1n) is 6.07. The van der Waals surface area contributed by atoms with Gasteiger partial charge >= 0.3 is 0 Å². The van der Waals surface area contributed by atoms with E-state index in [1.54, 1.807) is 12.1 Å². The maximum atomic E-state index is 13.9. The Balaban J connectivity index is 2.04. The van der Waals surface area contributed by atoms with E-state index in [2.05, 4.69) is 0 Å². The lowest BCUT2D eigenvalue weighted by atomic mass is 10.1. The second-order valence-electron chi connectivity index (χ2n) is 4.79. The van der Waals surface area contributed by atoms with Gasteiger partial charge in [-0.2, -0.15) is 0 Å². The van der Waals surface area contributed by atoms with E-state index >= 15 is 0 Å². The van der Waals surface area contributed by atoms with Gasteiger partial charge in [-0.1, -0.05) is 24.4 Å². The first-order valence-corrected chi connectivity index (χ1v) is 6.48. The van der Waals surface area contributed by atoms with Crippen LogP contribution in [-0.4, -0.2) is 28.9 Å². The van der Waals surface area contributed by atoms with E-state index in [9.17, 15) is 9.18 Å². The van der Waals surface area contributed by atoms with Gasteiger partial charge in [0.05, 0.1) is 5.92 Å². The maximum absolute atomic E-state index is 13.9. The van der Waals surface area contributed by atoms with Crippen molar-refractivity contribution in [1.29, 1.82) is 0 Å². The van der Waals surface area contributed by atoms with E-state index in [1.807, 2.05) is 4.90 Å². The van der Waals surface area contributed by atoms with Crippen molar-refractivity contribution in [2.75, 3.05) is 13.1 Å². The number of hydrogen-bond acceptors (Lipinski definition) is 3. The lowest BCUT2D eigenvalue weighted by molar-refractivity contribution is -0.121. The van der Waals surface area contributed by atoms with Crippen molar-refractivity contribution in [3.8, 4) is 0 Å². The van der Waals surface area contributed by atoms with E-state index in [-0.39, 0.29) is 22.6 Å². The molecule has 19 heavy (non-hydrogen) atoms.